The van der Waals surface area contributed by atoms with E-state index in [1.807, 2.05) is 63.2 Å². The minimum Gasteiger partial charge on any atom is -0.452 e. The van der Waals surface area contributed by atoms with Gasteiger partial charge in [0.25, 0.3) is 5.91 Å². The molecular formula is C21H21N3O3. The van der Waals surface area contributed by atoms with Gasteiger partial charge in [-0.05, 0) is 45.0 Å². The molecule has 0 saturated heterocycles. The molecule has 0 fully saturated rings. The van der Waals surface area contributed by atoms with Gasteiger partial charge in [-0.25, -0.2) is 9.48 Å². The Bertz CT molecular complexity index is 960. The molecular weight excluding hydrogens is 342 g/mol. The Kier molecular flexibility index (Phi) is 5.35. The predicted octanol–water partition coefficient (Wildman–Crippen LogP) is 3.59. The largest absolute Gasteiger partial charge is 0.452 e. The van der Waals surface area contributed by atoms with Crippen LogP contribution in [0.4, 0.5) is 5.69 Å². The van der Waals surface area contributed by atoms with E-state index in [1.54, 1.807) is 16.8 Å². The number of rotatable bonds is 5. The molecule has 3 rings (SSSR count). The fourth-order valence-corrected chi connectivity index (χ4v) is 2.72. The van der Waals surface area contributed by atoms with Crippen LogP contribution in [0.25, 0.3) is 5.69 Å². The van der Waals surface area contributed by atoms with Gasteiger partial charge in [0.2, 0.25) is 0 Å². The van der Waals surface area contributed by atoms with Gasteiger partial charge in [0.15, 0.2) is 6.61 Å². The molecule has 0 atom stereocenters. The Morgan fingerprint density at radius 2 is 1.67 bits per heavy atom. The third kappa shape index (κ3) is 4.23. The summed E-state index contributed by atoms with van der Waals surface area (Å²) in [4.78, 5) is 24.2. The van der Waals surface area contributed by atoms with E-state index in [-0.39, 0.29) is 6.61 Å². The third-order valence-corrected chi connectivity index (χ3v) is 4.18. The average molecular weight is 363 g/mol. The summed E-state index contributed by atoms with van der Waals surface area (Å²) in [6, 6.07) is 16.6. The van der Waals surface area contributed by atoms with E-state index < -0.39 is 11.9 Å². The minimum atomic E-state index is -0.529. The van der Waals surface area contributed by atoms with Gasteiger partial charge in [-0.3, -0.25) is 4.79 Å². The Labute approximate surface area is 157 Å². The SMILES string of the molecule is Cc1ccc(C(=O)OCC(=O)Nc2c(C)nn(-c3ccccc3)c2C)cc1. The van der Waals surface area contributed by atoms with Crippen molar-refractivity contribution in [2.75, 3.05) is 11.9 Å². The van der Waals surface area contributed by atoms with Gasteiger partial charge in [0, 0.05) is 0 Å². The molecule has 1 amide bonds. The number of carbonyl (C=O) groups is 2. The summed E-state index contributed by atoms with van der Waals surface area (Å²) in [6.07, 6.45) is 0. The third-order valence-electron chi connectivity index (χ3n) is 4.18. The number of hydrogen-bond donors (Lipinski definition) is 1. The molecule has 0 saturated carbocycles. The molecule has 2 aromatic carbocycles. The molecule has 0 radical (unpaired) electrons. The Hall–Kier alpha value is -3.41. The molecule has 1 aromatic heterocycles. The van der Waals surface area contributed by atoms with Gasteiger partial charge in [0.1, 0.15) is 0 Å². The fourth-order valence-electron chi connectivity index (χ4n) is 2.72. The zero-order valence-electron chi connectivity index (χ0n) is 15.5. The molecule has 0 bridgehead atoms. The van der Waals surface area contributed by atoms with Crippen molar-refractivity contribution in [1.82, 2.24) is 9.78 Å². The maximum atomic E-state index is 12.2. The lowest BCUT2D eigenvalue weighted by Crippen LogP contribution is -2.21. The summed E-state index contributed by atoms with van der Waals surface area (Å²) in [6.45, 7) is 5.27. The number of aromatic nitrogens is 2. The highest BCUT2D eigenvalue weighted by molar-refractivity contribution is 5.96. The standard InChI is InChI=1S/C21H21N3O3/c1-14-9-11-17(12-10-14)21(26)27-13-19(25)22-20-15(2)23-24(16(20)3)18-7-5-4-6-8-18/h4-12H,13H2,1-3H3,(H,22,25). The quantitative estimate of drug-likeness (QED) is 0.703. The number of anilines is 1. The molecule has 6 nitrogen and oxygen atoms in total. The van der Waals surface area contributed by atoms with Crippen LogP contribution >= 0.6 is 0 Å². The first-order valence-corrected chi connectivity index (χ1v) is 8.61. The number of para-hydroxylation sites is 1. The van der Waals surface area contributed by atoms with Gasteiger partial charge in [0.05, 0.1) is 28.3 Å². The molecule has 1 N–H and O–H groups in total. The number of esters is 1. The normalized spacial score (nSPS) is 10.5. The Morgan fingerprint density at radius 3 is 2.33 bits per heavy atom. The highest BCUT2D eigenvalue weighted by Crippen LogP contribution is 2.22. The van der Waals surface area contributed by atoms with Gasteiger partial charge < -0.3 is 10.1 Å². The molecule has 0 spiro atoms. The molecule has 0 aliphatic carbocycles. The van der Waals surface area contributed by atoms with E-state index in [0.717, 1.165) is 16.9 Å². The zero-order valence-corrected chi connectivity index (χ0v) is 15.5. The lowest BCUT2D eigenvalue weighted by Gasteiger charge is -2.08. The van der Waals surface area contributed by atoms with E-state index in [1.165, 1.54) is 0 Å². The molecule has 27 heavy (non-hydrogen) atoms. The molecule has 3 aromatic rings. The molecule has 0 aliphatic rings. The Balaban J connectivity index is 1.65. The van der Waals surface area contributed by atoms with Crippen LogP contribution in [-0.2, 0) is 9.53 Å². The molecule has 6 heteroatoms. The molecule has 138 valence electrons. The van der Waals surface area contributed by atoms with Gasteiger partial charge in [-0.2, -0.15) is 5.10 Å². The van der Waals surface area contributed by atoms with Gasteiger partial charge >= 0.3 is 5.97 Å². The first-order chi connectivity index (χ1) is 13.0. The zero-order chi connectivity index (χ0) is 19.4. The van der Waals surface area contributed by atoms with Gasteiger partial charge in [-0.15, -0.1) is 0 Å². The van der Waals surface area contributed by atoms with Crippen LogP contribution in [0.3, 0.4) is 0 Å². The lowest BCUT2D eigenvalue weighted by molar-refractivity contribution is -0.119. The van der Waals surface area contributed by atoms with Crippen molar-refractivity contribution < 1.29 is 14.3 Å². The first-order valence-electron chi connectivity index (χ1n) is 8.61. The van der Waals surface area contributed by atoms with Crippen molar-refractivity contribution in [3.05, 3.63) is 77.1 Å². The van der Waals surface area contributed by atoms with Crippen molar-refractivity contribution in [2.24, 2.45) is 0 Å². The van der Waals surface area contributed by atoms with Crippen LogP contribution in [0.5, 0.6) is 0 Å². The number of nitrogens with one attached hydrogen (secondary N) is 1. The highest BCUT2D eigenvalue weighted by Gasteiger charge is 2.16. The fraction of sp³-hybridized carbons (Fsp3) is 0.190. The summed E-state index contributed by atoms with van der Waals surface area (Å²) >= 11 is 0. The van der Waals surface area contributed by atoms with Crippen molar-refractivity contribution >= 4 is 17.6 Å². The summed E-state index contributed by atoms with van der Waals surface area (Å²) in [5.74, 6) is -0.937. The van der Waals surface area contributed by atoms with E-state index in [4.69, 9.17) is 4.74 Å². The second-order valence-electron chi connectivity index (χ2n) is 6.28. The Morgan fingerprint density at radius 1 is 1.00 bits per heavy atom. The van der Waals surface area contributed by atoms with Crippen LogP contribution in [0.2, 0.25) is 0 Å². The number of ether oxygens (including phenoxy) is 1. The van der Waals surface area contributed by atoms with Crippen molar-refractivity contribution in [3.63, 3.8) is 0 Å². The highest BCUT2D eigenvalue weighted by atomic mass is 16.5. The van der Waals surface area contributed by atoms with Crippen molar-refractivity contribution in [1.29, 1.82) is 0 Å². The van der Waals surface area contributed by atoms with Crippen molar-refractivity contribution in [3.8, 4) is 5.69 Å². The topological polar surface area (TPSA) is 73.2 Å². The molecule has 1 heterocycles. The number of carbonyl (C=O) groups excluding carboxylic acids is 2. The summed E-state index contributed by atoms with van der Waals surface area (Å²) in [5.41, 5.74) is 4.48. The average Bonchev–Trinajstić information content (AvgIpc) is 2.95. The van der Waals surface area contributed by atoms with Crippen LogP contribution in [-0.4, -0.2) is 28.3 Å². The number of benzene rings is 2. The van der Waals surface area contributed by atoms with E-state index in [9.17, 15) is 9.59 Å². The van der Waals surface area contributed by atoms with E-state index >= 15 is 0 Å². The van der Waals surface area contributed by atoms with Crippen LogP contribution in [0.15, 0.2) is 54.6 Å². The maximum absolute atomic E-state index is 12.2. The molecule has 0 aliphatic heterocycles. The van der Waals surface area contributed by atoms with Gasteiger partial charge in [-0.1, -0.05) is 35.9 Å². The van der Waals surface area contributed by atoms with Crippen LogP contribution in [0.1, 0.15) is 27.3 Å². The van der Waals surface area contributed by atoms with Crippen molar-refractivity contribution in [2.45, 2.75) is 20.8 Å². The van der Waals surface area contributed by atoms with E-state index in [0.29, 0.717) is 16.9 Å². The summed E-state index contributed by atoms with van der Waals surface area (Å²) in [7, 11) is 0. The summed E-state index contributed by atoms with van der Waals surface area (Å²) < 4.78 is 6.86. The first kappa shape index (κ1) is 18.4. The lowest BCUT2D eigenvalue weighted by atomic mass is 10.1. The van der Waals surface area contributed by atoms with E-state index in [2.05, 4.69) is 10.4 Å². The van der Waals surface area contributed by atoms with Crippen LogP contribution < -0.4 is 5.32 Å². The van der Waals surface area contributed by atoms with Crippen LogP contribution in [0, 0.1) is 20.8 Å². The number of hydrogen-bond acceptors (Lipinski definition) is 4. The number of nitrogens with zero attached hydrogens (tertiary/aromatic N) is 2. The number of amides is 1. The second kappa shape index (κ2) is 7.86. The summed E-state index contributed by atoms with van der Waals surface area (Å²) in [5, 5.41) is 7.26. The minimum absolute atomic E-state index is 0.359. The molecule has 0 unspecified atom stereocenters. The number of aryl methyl sites for hydroxylation is 2. The predicted molar refractivity (Wildman–Crippen MR) is 103 cm³/mol. The second-order valence-corrected chi connectivity index (χ2v) is 6.28. The monoisotopic (exact) mass is 363 g/mol. The maximum Gasteiger partial charge on any atom is 0.338 e. The smallest absolute Gasteiger partial charge is 0.338 e.